The Balaban J connectivity index is 1.65. The molecule has 1 N–H and O–H groups in total. The van der Waals surface area contributed by atoms with Gasteiger partial charge in [0.15, 0.2) is 0 Å². The first-order valence-electron chi connectivity index (χ1n) is 9.00. The Morgan fingerprint density at radius 3 is 2.68 bits per heavy atom. The molecule has 146 valence electrons. The second-order valence-corrected chi connectivity index (χ2v) is 7.30. The molecular formula is C20H20Cl2N4O2. The van der Waals surface area contributed by atoms with Gasteiger partial charge in [-0.15, -0.1) is 0 Å². The lowest BCUT2D eigenvalue weighted by Gasteiger charge is -2.27. The maximum atomic E-state index is 6.24. The molecule has 1 saturated heterocycles. The molecule has 6 nitrogen and oxygen atoms in total. The van der Waals surface area contributed by atoms with Crippen LogP contribution in [0, 0.1) is 0 Å². The lowest BCUT2D eigenvalue weighted by molar-refractivity contribution is 0.122. The molecule has 0 spiro atoms. The number of rotatable bonds is 5. The lowest BCUT2D eigenvalue weighted by Crippen LogP contribution is -2.37. The molecule has 0 saturated carbocycles. The van der Waals surface area contributed by atoms with E-state index < -0.39 is 0 Å². The molecule has 1 aromatic heterocycles. The summed E-state index contributed by atoms with van der Waals surface area (Å²) >= 11 is 12.4. The Bertz CT molecular complexity index is 993. The minimum absolute atomic E-state index is 0.560. The molecule has 28 heavy (non-hydrogen) atoms. The zero-order valence-corrected chi connectivity index (χ0v) is 16.9. The van der Waals surface area contributed by atoms with Crippen LogP contribution in [0.3, 0.4) is 0 Å². The first-order valence-corrected chi connectivity index (χ1v) is 9.76. The topological polar surface area (TPSA) is 59.5 Å². The van der Waals surface area contributed by atoms with Crippen molar-refractivity contribution in [3.8, 4) is 5.75 Å². The van der Waals surface area contributed by atoms with Gasteiger partial charge in [-0.3, -0.25) is 0 Å². The van der Waals surface area contributed by atoms with Crippen LogP contribution in [0.2, 0.25) is 10.0 Å². The maximum Gasteiger partial charge on any atom is 0.228 e. The molecule has 8 heteroatoms. The molecule has 1 aliphatic rings. The van der Waals surface area contributed by atoms with Crippen LogP contribution in [0.5, 0.6) is 5.75 Å². The van der Waals surface area contributed by atoms with E-state index in [1.54, 1.807) is 7.11 Å². The van der Waals surface area contributed by atoms with Crippen molar-refractivity contribution in [3.63, 3.8) is 0 Å². The highest BCUT2D eigenvalue weighted by atomic mass is 35.5. The number of anilines is 2. The zero-order chi connectivity index (χ0) is 19.5. The van der Waals surface area contributed by atoms with Gasteiger partial charge in [0, 0.05) is 30.0 Å². The number of morpholine rings is 1. The van der Waals surface area contributed by atoms with Gasteiger partial charge in [0.1, 0.15) is 11.6 Å². The van der Waals surface area contributed by atoms with Crippen molar-refractivity contribution >= 4 is 45.9 Å². The van der Waals surface area contributed by atoms with Gasteiger partial charge in [-0.2, -0.15) is 4.98 Å². The van der Waals surface area contributed by atoms with Gasteiger partial charge in [0.05, 0.1) is 30.9 Å². The summed E-state index contributed by atoms with van der Waals surface area (Å²) in [4.78, 5) is 11.6. The summed E-state index contributed by atoms with van der Waals surface area (Å²) in [6.07, 6.45) is 0. The highest BCUT2D eigenvalue weighted by Crippen LogP contribution is 2.28. The third-order valence-corrected chi connectivity index (χ3v) is 5.15. The van der Waals surface area contributed by atoms with Crippen LogP contribution in [0.25, 0.3) is 10.9 Å². The fourth-order valence-corrected chi connectivity index (χ4v) is 3.59. The van der Waals surface area contributed by atoms with Gasteiger partial charge in [0.2, 0.25) is 5.95 Å². The lowest BCUT2D eigenvalue weighted by atomic mass is 10.2. The van der Waals surface area contributed by atoms with E-state index in [1.807, 2.05) is 36.4 Å². The second-order valence-electron chi connectivity index (χ2n) is 6.46. The molecular weight excluding hydrogens is 399 g/mol. The highest BCUT2D eigenvalue weighted by molar-refractivity contribution is 6.32. The molecule has 3 aromatic rings. The van der Waals surface area contributed by atoms with Gasteiger partial charge in [-0.1, -0.05) is 29.3 Å². The smallest absolute Gasteiger partial charge is 0.228 e. The van der Waals surface area contributed by atoms with Gasteiger partial charge in [-0.25, -0.2) is 4.98 Å². The molecule has 0 amide bonds. The van der Waals surface area contributed by atoms with E-state index in [0.717, 1.165) is 35.4 Å². The van der Waals surface area contributed by atoms with Crippen molar-refractivity contribution in [1.29, 1.82) is 0 Å². The van der Waals surface area contributed by atoms with Gasteiger partial charge >= 0.3 is 0 Å². The van der Waals surface area contributed by atoms with Gasteiger partial charge < -0.3 is 19.7 Å². The molecule has 0 bridgehead atoms. The summed E-state index contributed by atoms with van der Waals surface area (Å²) in [5.41, 5.74) is 1.86. The second kappa shape index (κ2) is 8.39. The predicted octanol–water partition coefficient (Wildman–Crippen LogP) is 4.39. The minimum atomic E-state index is 0.560. The van der Waals surface area contributed by atoms with E-state index in [2.05, 4.69) is 10.2 Å². The van der Waals surface area contributed by atoms with Crippen LogP contribution in [0.15, 0.2) is 36.4 Å². The van der Waals surface area contributed by atoms with E-state index in [9.17, 15) is 0 Å². The average Bonchev–Trinajstić information content (AvgIpc) is 2.72. The first-order chi connectivity index (χ1) is 13.6. The van der Waals surface area contributed by atoms with Crippen LogP contribution >= 0.6 is 23.2 Å². The predicted molar refractivity (Wildman–Crippen MR) is 113 cm³/mol. The third kappa shape index (κ3) is 4.09. The minimum Gasteiger partial charge on any atom is -0.495 e. The molecule has 0 aliphatic carbocycles. The van der Waals surface area contributed by atoms with Gasteiger partial charge in [0.25, 0.3) is 0 Å². The Hall–Kier alpha value is -2.28. The third-order valence-electron chi connectivity index (χ3n) is 4.62. The van der Waals surface area contributed by atoms with Crippen molar-refractivity contribution < 1.29 is 9.47 Å². The molecule has 0 atom stereocenters. The number of halogens is 2. The monoisotopic (exact) mass is 418 g/mol. The van der Waals surface area contributed by atoms with Crippen molar-refractivity contribution in [2.24, 2.45) is 0 Å². The Labute approximate surface area is 173 Å². The van der Waals surface area contributed by atoms with Crippen molar-refractivity contribution in [1.82, 2.24) is 9.97 Å². The van der Waals surface area contributed by atoms with Crippen LogP contribution in [0.4, 0.5) is 11.8 Å². The number of hydrogen-bond acceptors (Lipinski definition) is 6. The van der Waals surface area contributed by atoms with Gasteiger partial charge in [-0.05, 0) is 35.9 Å². The number of ether oxygens (including phenoxy) is 2. The van der Waals surface area contributed by atoms with Crippen molar-refractivity contribution in [2.45, 2.75) is 6.54 Å². The summed E-state index contributed by atoms with van der Waals surface area (Å²) in [7, 11) is 1.60. The van der Waals surface area contributed by atoms with Crippen molar-refractivity contribution in [2.75, 3.05) is 43.6 Å². The van der Waals surface area contributed by atoms with E-state index in [1.165, 1.54) is 0 Å². The Morgan fingerprint density at radius 1 is 1.11 bits per heavy atom. The average molecular weight is 419 g/mol. The summed E-state index contributed by atoms with van der Waals surface area (Å²) in [5.74, 6) is 2.08. The Morgan fingerprint density at radius 2 is 1.93 bits per heavy atom. The number of methoxy groups -OCH3 is 1. The molecule has 0 unspecified atom stereocenters. The summed E-state index contributed by atoms with van der Waals surface area (Å²) in [6.45, 7) is 3.45. The number of benzene rings is 2. The normalized spacial score (nSPS) is 14.3. The fraction of sp³-hybridized carbons (Fsp3) is 0.300. The number of fused-ring (bicyclic) bond motifs is 1. The summed E-state index contributed by atoms with van der Waals surface area (Å²) < 4.78 is 10.7. The molecule has 1 fully saturated rings. The van der Waals surface area contributed by atoms with Crippen LogP contribution < -0.4 is 15.0 Å². The van der Waals surface area contributed by atoms with E-state index in [0.29, 0.717) is 41.5 Å². The summed E-state index contributed by atoms with van der Waals surface area (Å²) in [5, 5.41) is 5.51. The number of nitrogens with one attached hydrogen (secondary N) is 1. The van der Waals surface area contributed by atoms with Crippen molar-refractivity contribution in [3.05, 3.63) is 52.0 Å². The molecule has 2 heterocycles. The maximum absolute atomic E-state index is 6.24. The SMILES string of the molecule is COc1ccc(CNc2nc(N3CCOCC3)nc3ccc(Cl)cc23)cc1Cl. The van der Waals surface area contributed by atoms with E-state index in [4.69, 9.17) is 42.6 Å². The van der Waals surface area contributed by atoms with Crippen LogP contribution in [-0.2, 0) is 11.3 Å². The molecule has 0 radical (unpaired) electrons. The van der Waals surface area contributed by atoms with E-state index >= 15 is 0 Å². The zero-order valence-electron chi connectivity index (χ0n) is 15.4. The number of aromatic nitrogens is 2. The van der Waals surface area contributed by atoms with Crippen LogP contribution in [0.1, 0.15) is 5.56 Å². The summed E-state index contributed by atoms with van der Waals surface area (Å²) in [6, 6.07) is 11.3. The first kappa shape index (κ1) is 19.1. The van der Waals surface area contributed by atoms with Crippen LogP contribution in [-0.4, -0.2) is 43.4 Å². The number of hydrogen-bond donors (Lipinski definition) is 1. The molecule has 4 rings (SSSR count). The quantitative estimate of drug-likeness (QED) is 0.662. The molecule has 1 aliphatic heterocycles. The molecule has 2 aromatic carbocycles. The van der Waals surface area contributed by atoms with E-state index in [-0.39, 0.29) is 0 Å². The Kier molecular flexibility index (Phi) is 5.71. The standard InChI is InChI=1S/C20H20Cl2N4O2/c1-27-18-5-2-13(10-16(18)22)12-23-19-15-11-14(21)3-4-17(15)24-20(25-19)26-6-8-28-9-7-26/h2-5,10-11H,6-9,12H2,1H3,(H,23,24,25). The largest absolute Gasteiger partial charge is 0.495 e. The highest BCUT2D eigenvalue weighted by Gasteiger charge is 2.17. The number of nitrogens with zero attached hydrogens (tertiary/aromatic N) is 3. The fourth-order valence-electron chi connectivity index (χ4n) is 3.13.